The molecule has 1 aromatic rings. The summed E-state index contributed by atoms with van der Waals surface area (Å²) in [6.07, 6.45) is -6.91. The van der Waals surface area contributed by atoms with Gasteiger partial charge in [-0.25, -0.2) is 0 Å². The maximum Gasteiger partial charge on any atom is 0.416 e. The van der Waals surface area contributed by atoms with Crippen molar-refractivity contribution in [2.45, 2.75) is 25.2 Å². The molecular weight excluding hydrogens is 366 g/mol. The number of aliphatic carboxylic acids is 1. The van der Waals surface area contributed by atoms with Crippen LogP contribution in [0, 0.1) is 10.8 Å². The summed E-state index contributed by atoms with van der Waals surface area (Å²) in [6.45, 7) is 0.0580. The number of carboxylic acid groups (broad SMARTS) is 1. The second kappa shape index (κ2) is 6.65. The van der Waals surface area contributed by atoms with Crippen LogP contribution in [-0.2, 0) is 17.1 Å². The summed E-state index contributed by atoms with van der Waals surface area (Å²) >= 11 is 0. The van der Waals surface area contributed by atoms with Crippen LogP contribution in [0.2, 0.25) is 0 Å². The van der Waals surface area contributed by atoms with Crippen LogP contribution in [0.15, 0.2) is 30.5 Å². The fourth-order valence-electron chi connectivity index (χ4n) is 2.22. The summed E-state index contributed by atoms with van der Waals surface area (Å²) in [4.78, 5) is 11.0. The van der Waals surface area contributed by atoms with Gasteiger partial charge in [0.05, 0.1) is 22.3 Å². The second-order valence-electron chi connectivity index (χ2n) is 6.01. The molecule has 26 heavy (non-hydrogen) atoms. The molecule has 1 aliphatic carbocycles. The number of benzene rings is 1. The predicted octanol–water partition coefficient (Wildman–Crippen LogP) is 4.06. The molecule has 1 aliphatic rings. The molecule has 0 unspecified atom stereocenters. The lowest BCUT2D eigenvalue weighted by molar-refractivity contribution is -0.144. The summed E-state index contributed by atoms with van der Waals surface area (Å²) in [5.41, 5.74) is -5.03. The lowest BCUT2D eigenvalue weighted by Crippen LogP contribution is -2.27. The van der Waals surface area contributed by atoms with Crippen molar-refractivity contribution in [2.24, 2.45) is 5.41 Å². The molecule has 4 nitrogen and oxygen atoms in total. The predicted molar refractivity (Wildman–Crippen MR) is 79.7 cm³/mol. The largest absolute Gasteiger partial charge is 0.481 e. The lowest BCUT2D eigenvalue weighted by atomic mass is 10.0. The van der Waals surface area contributed by atoms with Crippen molar-refractivity contribution in [1.82, 2.24) is 5.32 Å². The Morgan fingerprint density at radius 1 is 1.12 bits per heavy atom. The van der Waals surface area contributed by atoms with E-state index in [0.717, 1.165) is 12.3 Å². The van der Waals surface area contributed by atoms with Crippen LogP contribution in [0.5, 0.6) is 0 Å². The first-order valence-corrected chi connectivity index (χ1v) is 7.37. The minimum atomic E-state index is -4.99. The van der Waals surface area contributed by atoms with Gasteiger partial charge in [-0.05, 0) is 43.3 Å². The number of hydrogen-bond acceptors (Lipinski definition) is 3. The van der Waals surface area contributed by atoms with Crippen molar-refractivity contribution in [2.75, 3.05) is 6.54 Å². The topological polar surface area (TPSA) is 73.2 Å². The Balaban J connectivity index is 2.17. The summed E-state index contributed by atoms with van der Waals surface area (Å²) in [6, 6.07) is 0.908. The average molecular weight is 380 g/mol. The van der Waals surface area contributed by atoms with Crippen molar-refractivity contribution in [3.05, 3.63) is 47.2 Å². The van der Waals surface area contributed by atoms with Gasteiger partial charge in [0.25, 0.3) is 0 Å². The van der Waals surface area contributed by atoms with E-state index in [4.69, 9.17) is 10.5 Å². The van der Waals surface area contributed by atoms with Gasteiger partial charge in [0.2, 0.25) is 0 Å². The lowest BCUT2D eigenvalue weighted by Gasteiger charge is -2.14. The zero-order valence-electron chi connectivity index (χ0n) is 13.1. The van der Waals surface area contributed by atoms with Crippen LogP contribution in [0.4, 0.5) is 26.3 Å². The van der Waals surface area contributed by atoms with E-state index in [1.807, 2.05) is 0 Å². The van der Waals surface area contributed by atoms with Crippen molar-refractivity contribution in [3.63, 3.8) is 0 Å². The third-order valence-electron chi connectivity index (χ3n) is 4.01. The highest BCUT2D eigenvalue weighted by atomic mass is 19.4. The van der Waals surface area contributed by atoms with Crippen LogP contribution in [0.25, 0.3) is 0 Å². The van der Waals surface area contributed by atoms with E-state index < -0.39 is 46.1 Å². The van der Waals surface area contributed by atoms with Crippen LogP contribution in [0.3, 0.4) is 0 Å². The standard InChI is InChI=1S/C16H14F6N2O2/c17-15(18,19)10-5-9(6-11(7-10)16(20,21)22)12(23)1-4-24-8-14(2-3-14)13(25)26/h1,4-7,23-24H,2-3,8H2,(H,25,26)/b4-1-,23-12?. The van der Waals surface area contributed by atoms with Crippen LogP contribution >= 0.6 is 0 Å². The van der Waals surface area contributed by atoms with Crippen LogP contribution in [0.1, 0.15) is 29.5 Å². The minimum Gasteiger partial charge on any atom is -0.481 e. The minimum absolute atomic E-state index is 0.0115. The molecule has 0 radical (unpaired) electrons. The Morgan fingerprint density at radius 3 is 2.00 bits per heavy atom. The van der Waals surface area contributed by atoms with Gasteiger partial charge in [-0.3, -0.25) is 4.79 Å². The average Bonchev–Trinajstić information content (AvgIpc) is 3.30. The molecule has 0 aliphatic heterocycles. The molecule has 142 valence electrons. The smallest absolute Gasteiger partial charge is 0.416 e. The molecule has 0 saturated heterocycles. The fourth-order valence-corrected chi connectivity index (χ4v) is 2.22. The van der Waals surface area contributed by atoms with E-state index in [-0.39, 0.29) is 12.6 Å². The molecule has 1 aromatic carbocycles. The van der Waals surface area contributed by atoms with Crippen LogP contribution < -0.4 is 5.32 Å². The number of carboxylic acids is 1. The Labute approximate surface area is 144 Å². The van der Waals surface area contributed by atoms with Crippen molar-refractivity contribution >= 4 is 11.7 Å². The molecule has 0 aromatic heterocycles. The van der Waals surface area contributed by atoms with E-state index >= 15 is 0 Å². The van der Waals surface area contributed by atoms with Gasteiger partial charge in [0.15, 0.2) is 0 Å². The molecule has 1 fully saturated rings. The zero-order chi connectivity index (χ0) is 19.8. The first-order chi connectivity index (χ1) is 11.8. The molecule has 0 atom stereocenters. The fraction of sp³-hybridized carbons (Fsp3) is 0.375. The summed E-state index contributed by atoms with van der Waals surface area (Å²) in [7, 11) is 0. The number of allylic oxidation sites excluding steroid dienone is 1. The van der Waals surface area contributed by atoms with Crippen molar-refractivity contribution in [3.8, 4) is 0 Å². The van der Waals surface area contributed by atoms with Gasteiger partial charge in [-0.15, -0.1) is 0 Å². The summed E-state index contributed by atoms with van der Waals surface area (Å²) < 4.78 is 76.8. The van der Waals surface area contributed by atoms with E-state index in [2.05, 4.69) is 5.32 Å². The SMILES string of the molecule is N=C(/C=C\NCC1(C(=O)O)CC1)c1cc(C(F)(F)F)cc(C(F)(F)F)c1. The Hall–Kier alpha value is -2.52. The van der Waals surface area contributed by atoms with Gasteiger partial charge >= 0.3 is 18.3 Å². The van der Waals surface area contributed by atoms with E-state index in [1.165, 1.54) is 0 Å². The number of halogens is 6. The van der Waals surface area contributed by atoms with Gasteiger partial charge in [-0.1, -0.05) is 0 Å². The number of carbonyl (C=O) groups is 1. The van der Waals surface area contributed by atoms with Gasteiger partial charge in [-0.2, -0.15) is 26.3 Å². The van der Waals surface area contributed by atoms with Crippen molar-refractivity contribution in [1.29, 1.82) is 5.41 Å². The Bertz CT molecular complexity index is 716. The number of nitrogens with one attached hydrogen (secondary N) is 2. The third-order valence-corrected chi connectivity index (χ3v) is 4.01. The number of rotatable bonds is 6. The van der Waals surface area contributed by atoms with Crippen LogP contribution in [-0.4, -0.2) is 23.3 Å². The molecule has 1 saturated carbocycles. The second-order valence-corrected chi connectivity index (χ2v) is 6.01. The highest BCUT2D eigenvalue weighted by molar-refractivity contribution is 6.06. The number of alkyl halides is 6. The quantitative estimate of drug-likeness (QED) is 0.515. The Morgan fingerprint density at radius 2 is 1.62 bits per heavy atom. The van der Waals surface area contributed by atoms with Gasteiger partial charge in [0, 0.05) is 12.1 Å². The molecule has 0 amide bonds. The Kier molecular flexibility index (Phi) is 5.07. The molecule has 0 spiro atoms. The first-order valence-electron chi connectivity index (χ1n) is 7.37. The molecule has 10 heteroatoms. The highest BCUT2D eigenvalue weighted by Crippen LogP contribution is 2.45. The highest BCUT2D eigenvalue weighted by Gasteiger charge is 2.49. The third kappa shape index (κ3) is 4.55. The molecule has 3 N–H and O–H groups in total. The monoisotopic (exact) mass is 380 g/mol. The van der Waals surface area contributed by atoms with E-state index in [1.54, 1.807) is 0 Å². The number of hydrogen-bond donors (Lipinski definition) is 3. The maximum absolute atomic E-state index is 12.8. The van der Waals surface area contributed by atoms with Gasteiger partial charge < -0.3 is 15.8 Å². The van der Waals surface area contributed by atoms with E-state index in [9.17, 15) is 31.1 Å². The summed E-state index contributed by atoms with van der Waals surface area (Å²) in [5.74, 6) is -0.985. The van der Waals surface area contributed by atoms with Gasteiger partial charge in [0.1, 0.15) is 0 Å². The zero-order valence-corrected chi connectivity index (χ0v) is 13.1. The molecule has 0 bridgehead atoms. The maximum atomic E-state index is 12.8. The first kappa shape index (κ1) is 19.8. The molecule has 0 heterocycles. The molecular formula is C16H14F6N2O2. The van der Waals surface area contributed by atoms with E-state index in [0.29, 0.717) is 25.0 Å². The summed E-state index contributed by atoms with van der Waals surface area (Å²) in [5, 5.41) is 19.3. The van der Waals surface area contributed by atoms with Crippen molar-refractivity contribution < 1.29 is 36.2 Å². The molecule has 2 rings (SSSR count). The normalized spacial score (nSPS) is 16.5.